The summed E-state index contributed by atoms with van der Waals surface area (Å²) in [6.07, 6.45) is 1.12. The van der Waals surface area contributed by atoms with Crippen LogP contribution in [0.2, 0.25) is 0 Å². The van der Waals surface area contributed by atoms with Gasteiger partial charge in [0.15, 0.2) is 0 Å². The zero-order valence-corrected chi connectivity index (χ0v) is 13.8. The van der Waals surface area contributed by atoms with Gasteiger partial charge in [0.05, 0.1) is 38.4 Å². The molecule has 2 aliphatic heterocycles. The quantitative estimate of drug-likeness (QED) is 0.780. The molecule has 0 atom stereocenters. The van der Waals surface area contributed by atoms with E-state index < -0.39 is 0 Å². The lowest BCUT2D eigenvalue weighted by Crippen LogP contribution is -2.53. The van der Waals surface area contributed by atoms with E-state index in [-0.39, 0.29) is 12.0 Å². The van der Waals surface area contributed by atoms with Gasteiger partial charge in [-0.3, -0.25) is 4.90 Å². The first-order valence-electron chi connectivity index (χ1n) is 8.60. The molecule has 0 unspecified atom stereocenters. The zero-order chi connectivity index (χ0) is 16.0. The maximum absolute atomic E-state index is 9.73. The highest BCUT2D eigenvalue weighted by Crippen LogP contribution is 2.30. The van der Waals surface area contributed by atoms with Gasteiger partial charge in [-0.05, 0) is 18.6 Å². The summed E-state index contributed by atoms with van der Waals surface area (Å²) in [6.45, 7) is 8.28. The number of rotatable bonds is 8. The lowest BCUT2D eigenvalue weighted by molar-refractivity contribution is -0.131. The Balaban J connectivity index is 1.56. The number of anilines is 1. The topological polar surface area (TPSA) is 45.2 Å². The second-order valence-electron chi connectivity index (χ2n) is 6.72. The highest BCUT2D eigenvalue weighted by Gasteiger charge is 2.39. The molecule has 0 radical (unpaired) electrons. The molecule has 2 fully saturated rings. The van der Waals surface area contributed by atoms with Crippen LogP contribution in [0.5, 0.6) is 0 Å². The second-order valence-corrected chi connectivity index (χ2v) is 6.72. The van der Waals surface area contributed by atoms with Gasteiger partial charge in [0.25, 0.3) is 0 Å². The largest absolute Gasteiger partial charge is 0.396 e. The Morgan fingerprint density at radius 2 is 1.83 bits per heavy atom. The lowest BCUT2D eigenvalue weighted by Gasteiger charge is -2.44. The molecule has 0 aromatic heterocycles. The van der Waals surface area contributed by atoms with Crippen molar-refractivity contribution in [3.8, 4) is 0 Å². The average Bonchev–Trinajstić information content (AvgIpc) is 2.58. The SMILES string of the molecule is OCC1(CN(CCCN2CCOCC2)c2ccccc2)COC1. The Hall–Kier alpha value is -1.14. The minimum atomic E-state index is -0.0885. The van der Waals surface area contributed by atoms with E-state index in [4.69, 9.17) is 9.47 Å². The number of hydrogen-bond donors (Lipinski definition) is 1. The lowest BCUT2D eigenvalue weighted by atomic mass is 9.86. The van der Waals surface area contributed by atoms with Crippen molar-refractivity contribution in [3.63, 3.8) is 0 Å². The molecule has 2 heterocycles. The van der Waals surface area contributed by atoms with Crippen molar-refractivity contribution in [2.24, 2.45) is 5.41 Å². The highest BCUT2D eigenvalue weighted by molar-refractivity contribution is 5.46. The van der Waals surface area contributed by atoms with Crippen LogP contribution in [0.4, 0.5) is 5.69 Å². The Morgan fingerprint density at radius 1 is 1.09 bits per heavy atom. The molecule has 23 heavy (non-hydrogen) atoms. The molecule has 0 spiro atoms. The zero-order valence-electron chi connectivity index (χ0n) is 13.8. The number of aliphatic hydroxyl groups excluding tert-OH is 1. The van der Waals surface area contributed by atoms with E-state index >= 15 is 0 Å². The molecule has 3 rings (SSSR count). The smallest absolute Gasteiger partial charge is 0.0594 e. The first kappa shape index (κ1) is 16.7. The predicted octanol–water partition coefficient (Wildman–Crippen LogP) is 1.22. The number of benzene rings is 1. The van der Waals surface area contributed by atoms with Gasteiger partial charge in [-0.25, -0.2) is 0 Å². The van der Waals surface area contributed by atoms with Gasteiger partial charge in [0.2, 0.25) is 0 Å². The van der Waals surface area contributed by atoms with Gasteiger partial charge in [-0.2, -0.15) is 0 Å². The third-order valence-electron chi connectivity index (χ3n) is 4.81. The first-order chi connectivity index (χ1) is 11.3. The van der Waals surface area contributed by atoms with Crippen molar-refractivity contribution in [1.82, 2.24) is 4.90 Å². The molecule has 5 heteroatoms. The van der Waals surface area contributed by atoms with Crippen LogP contribution < -0.4 is 4.90 Å². The second kappa shape index (κ2) is 8.11. The number of aliphatic hydroxyl groups is 1. The van der Waals surface area contributed by atoms with Crippen molar-refractivity contribution < 1.29 is 14.6 Å². The summed E-state index contributed by atoms with van der Waals surface area (Å²) in [5, 5.41) is 9.73. The molecule has 2 aliphatic rings. The van der Waals surface area contributed by atoms with Crippen LogP contribution in [0.1, 0.15) is 6.42 Å². The van der Waals surface area contributed by atoms with E-state index in [1.807, 2.05) is 6.07 Å². The molecule has 1 N–H and O–H groups in total. The number of nitrogens with zero attached hydrogens (tertiary/aromatic N) is 2. The summed E-state index contributed by atoms with van der Waals surface area (Å²) >= 11 is 0. The summed E-state index contributed by atoms with van der Waals surface area (Å²) in [4.78, 5) is 4.88. The van der Waals surface area contributed by atoms with Crippen LogP contribution in [-0.2, 0) is 9.47 Å². The molecule has 0 saturated carbocycles. The third-order valence-corrected chi connectivity index (χ3v) is 4.81. The van der Waals surface area contributed by atoms with E-state index in [1.54, 1.807) is 0 Å². The monoisotopic (exact) mass is 320 g/mol. The van der Waals surface area contributed by atoms with Crippen LogP contribution in [0.3, 0.4) is 0 Å². The molecule has 2 saturated heterocycles. The molecular weight excluding hydrogens is 292 g/mol. The maximum Gasteiger partial charge on any atom is 0.0594 e. The number of para-hydroxylation sites is 1. The van der Waals surface area contributed by atoms with Crippen LogP contribution >= 0.6 is 0 Å². The molecule has 0 aliphatic carbocycles. The molecular formula is C18H28N2O3. The summed E-state index contributed by atoms with van der Waals surface area (Å²) in [6, 6.07) is 10.5. The van der Waals surface area contributed by atoms with Crippen LogP contribution in [0, 0.1) is 5.41 Å². The van der Waals surface area contributed by atoms with Crippen LogP contribution in [0.25, 0.3) is 0 Å². The van der Waals surface area contributed by atoms with Gasteiger partial charge in [-0.15, -0.1) is 0 Å². The van der Waals surface area contributed by atoms with Crippen molar-refractivity contribution in [3.05, 3.63) is 30.3 Å². The molecule has 0 bridgehead atoms. The third kappa shape index (κ3) is 4.44. The summed E-state index contributed by atoms with van der Waals surface area (Å²) in [7, 11) is 0. The maximum atomic E-state index is 9.73. The van der Waals surface area contributed by atoms with E-state index in [9.17, 15) is 5.11 Å². The normalized spacial score (nSPS) is 20.9. The molecule has 1 aromatic carbocycles. The fourth-order valence-electron chi connectivity index (χ4n) is 3.28. The standard InChI is InChI=1S/C18H28N2O3/c21-14-18(15-23-16-18)13-20(17-5-2-1-3-6-17)8-4-7-19-9-11-22-12-10-19/h1-3,5-6,21H,4,7-16H2. The van der Waals surface area contributed by atoms with Gasteiger partial charge in [0, 0.05) is 38.4 Å². The van der Waals surface area contributed by atoms with Crippen molar-refractivity contribution >= 4 is 5.69 Å². The van der Waals surface area contributed by atoms with Crippen molar-refractivity contribution in [2.45, 2.75) is 6.42 Å². The van der Waals surface area contributed by atoms with Crippen LogP contribution in [0.15, 0.2) is 30.3 Å². The van der Waals surface area contributed by atoms with Gasteiger partial charge in [0.1, 0.15) is 0 Å². The van der Waals surface area contributed by atoms with Gasteiger partial charge in [-0.1, -0.05) is 18.2 Å². The Kier molecular flexibility index (Phi) is 5.89. The number of morpholine rings is 1. The van der Waals surface area contributed by atoms with E-state index in [0.717, 1.165) is 52.4 Å². The molecule has 5 nitrogen and oxygen atoms in total. The van der Waals surface area contributed by atoms with E-state index in [0.29, 0.717) is 13.2 Å². The summed E-state index contributed by atoms with van der Waals surface area (Å²) in [5.41, 5.74) is 1.14. The summed E-state index contributed by atoms with van der Waals surface area (Å²) < 4.78 is 10.8. The minimum Gasteiger partial charge on any atom is -0.396 e. The number of ether oxygens (including phenoxy) is 2. The van der Waals surface area contributed by atoms with Crippen LogP contribution in [-0.4, -0.2) is 75.8 Å². The van der Waals surface area contributed by atoms with E-state index in [1.165, 1.54) is 5.69 Å². The average molecular weight is 320 g/mol. The Labute approximate surface area is 138 Å². The number of hydrogen-bond acceptors (Lipinski definition) is 5. The van der Waals surface area contributed by atoms with Crippen molar-refractivity contribution in [1.29, 1.82) is 0 Å². The molecule has 128 valence electrons. The Bertz CT molecular complexity index is 453. The van der Waals surface area contributed by atoms with Gasteiger partial charge >= 0.3 is 0 Å². The molecule has 0 amide bonds. The predicted molar refractivity (Wildman–Crippen MR) is 90.9 cm³/mol. The fourth-order valence-corrected chi connectivity index (χ4v) is 3.28. The van der Waals surface area contributed by atoms with E-state index in [2.05, 4.69) is 34.1 Å². The first-order valence-corrected chi connectivity index (χ1v) is 8.60. The Morgan fingerprint density at radius 3 is 2.43 bits per heavy atom. The molecule has 1 aromatic rings. The highest BCUT2D eigenvalue weighted by atomic mass is 16.5. The minimum absolute atomic E-state index is 0.0885. The summed E-state index contributed by atoms with van der Waals surface area (Å²) in [5.74, 6) is 0. The fraction of sp³-hybridized carbons (Fsp3) is 0.667. The van der Waals surface area contributed by atoms with Crippen molar-refractivity contribution in [2.75, 3.05) is 70.7 Å². The van der Waals surface area contributed by atoms with Gasteiger partial charge < -0.3 is 19.5 Å².